The Morgan fingerprint density at radius 1 is 1.27 bits per heavy atom. The van der Waals surface area contributed by atoms with Gasteiger partial charge in [-0.2, -0.15) is 4.31 Å². The van der Waals surface area contributed by atoms with Gasteiger partial charge in [0.15, 0.2) is 0 Å². The fraction of sp³-hybridized carbons (Fsp3) is 0.700. The maximum atomic E-state index is 12.9. The summed E-state index contributed by atoms with van der Waals surface area (Å²) < 4.78 is 27.7. The van der Waals surface area contributed by atoms with Gasteiger partial charge in [-0.25, -0.2) is 8.42 Å². The van der Waals surface area contributed by atoms with Crippen molar-refractivity contribution < 1.29 is 8.42 Å². The normalized spacial score (nSPS) is 29.7. The van der Waals surface area contributed by atoms with E-state index >= 15 is 0 Å². The zero-order valence-corrected chi connectivity index (χ0v) is 16.5. The monoisotopic (exact) mass is 377 g/mol. The van der Waals surface area contributed by atoms with Crippen LogP contribution in [0.5, 0.6) is 0 Å². The van der Waals surface area contributed by atoms with E-state index < -0.39 is 10.0 Å². The third-order valence-electron chi connectivity index (χ3n) is 6.62. The molecular weight excluding hydrogens is 346 g/mol. The lowest BCUT2D eigenvalue weighted by molar-refractivity contribution is 0.0217. The van der Waals surface area contributed by atoms with Crippen LogP contribution in [0.1, 0.15) is 48.4 Å². The summed E-state index contributed by atoms with van der Waals surface area (Å²) in [7, 11) is -3.21. The molecule has 2 saturated heterocycles. The van der Waals surface area contributed by atoms with Gasteiger partial charge in [-0.1, -0.05) is 18.2 Å². The first kappa shape index (κ1) is 18.4. The fourth-order valence-electron chi connectivity index (χ4n) is 5.41. The fourth-order valence-corrected chi connectivity index (χ4v) is 7.25. The van der Waals surface area contributed by atoms with Crippen molar-refractivity contribution in [1.29, 1.82) is 0 Å². The first-order valence-corrected chi connectivity index (χ1v) is 11.6. The quantitative estimate of drug-likeness (QED) is 0.872. The maximum absolute atomic E-state index is 12.9. The predicted molar refractivity (Wildman–Crippen MR) is 104 cm³/mol. The van der Waals surface area contributed by atoms with Crippen molar-refractivity contribution in [3.8, 4) is 0 Å². The Labute approximate surface area is 157 Å². The topological polar surface area (TPSA) is 66.6 Å². The van der Waals surface area contributed by atoms with Gasteiger partial charge >= 0.3 is 0 Å². The van der Waals surface area contributed by atoms with Crippen LogP contribution in [0, 0.1) is 12.8 Å². The summed E-state index contributed by atoms with van der Waals surface area (Å²) >= 11 is 0. The summed E-state index contributed by atoms with van der Waals surface area (Å²) in [6, 6.07) is 7.12. The summed E-state index contributed by atoms with van der Waals surface area (Å²) in [6.45, 7) is 5.45. The first-order chi connectivity index (χ1) is 12.5. The van der Waals surface area contributed by atoms with Gasteiger partial charge < -0.3 is 5.73 Å². The molecule has 0 spiro atoms. The minimum atomic E-state index is -3.21. The van der Waals surface area contributed by atoms with Gasteiger partial charge in [0.05, 0.1) is 5.75 Å². The average Bonchev–Trinajstić information content (AvgIpc) is 2.64. The number of benzene rings is 1. The number of sulfonamides is 1. The van der Waals surface area contributed by atoms with E-state index in [1.54, 1.807) is 0 Å². The SMILES string of the molecule is Cc1cccc2c1[C@@H]1C[C@H]3[C@H](CCCN3S(=O)(=O)CCCN)CN1CC2. The third-order valence-corrected chi connectivity index (χ3v) is 8.59. The summed E-state index contributed by atoms with van der Waals surface area (Å²) in [6.07, 6.45) is 4.73. The minimum absolute atomic E-state index is 0.151. The molecule has 6 heteroatoms. The van der Waals surface area contributed by atoms with E-state index in [4.69, 9.17) is 5.73 Å². The van der Waals surface area contributed by atoms with Crippen LogP contribution in [0.2, 0.25) is 0 Å². The number of hydrogen-bond donors (Lipinski definition) is 1. The largest absolute Gasteiger partial charge is 0.330 e. The molecule has 3 atom stereocenters. The van der Waals surface area contributed by atoms with E-state index in [-0.39, 0.29) is 11.8 Å². The highest BCUT2D eigenvalue weighted by Gasteiger charge is 2.45. The molecule has 5 nitrogen and oxygen atoms in total. The molecule has 0 bridgehead atoms. The van der Waals surface area contributed by atoms with E-state index in [1.165, 1.54) is 16.7 Å². The second-order valence-electron chi connectivity index (χ2n) is 8.18. The number of fused-ring (bicyclic) bond motifs is 4. The predicted octanol–water partition coefficient (Wildman–Crippen LogP) is 2.06. The van der Waals surface area contributed by atoms with Crippen LogP contribution in [0.3, 0.4) is 0 Å². The smallest absolute Gasteiger partial charge is 0.214 e. The average molecular weight is 378 g/mol. The summed E-state index contributed by atoms with van der Waals surface area (Å²) in [5, 5.41) is 0. The number of nitrogens with two attached hydrogens (primary N) is 1. The first-order valence-electron chi connectivity index (χ1n) is 10.0. The van der Waals surface area contributed by atoms with Gasteiger partial charge in [-0.3, -0.25) is 4.90 Å². The molecule has 3 aliphatic rings. The molecule has 2 N–H and O–H groups in total. The number of piperidine rings is 2. The van der Waals surface area contributed by atoms with Gasteiger partial charge in [-0.15, -0.1) is 0 Å². The number of aryl methyl sites for hydroxylation is 1. The van der Waals surface area contributed by atoms with Crippen LogP contribution in [0.25, 0.3) is 0 Å². The van der Waals surface area contributed by atoms with Gasteiger partial charge in [-0.05, 0) is 68.2 Å². The van der Waals surface area contributed by atoms with Gasteiger partial charge in [0, 0.05) is 31.7 Å². The molecule has 3 heterocycles. The lowest BCUT2D eigenvalue weighted by Gasteiger charge is -2.52. The Hall–Kier alpha value is -0.950. The Morgan fingerprint density at radius 3 is 2.92 bits per heavy atom. The zero-order chi connectivity index (χ0) is 18.3. The van der Waals surface area contributed by atoms with Gasteiger partial charge in [0.25, 0.3) is 0 Å². The molecule has 26 heavy (non-hydrogen) atoms. The highest BCUT2D eigenvalue weighted by atomic mass is 32.2. The Morgan fingerprint density at radius 2 is 2.12 bits per heavy atom. The van der Waals surface area contributed by atoms with Crippen molar-refractivity contribution in [3.05, 3.63) is 34.9 Å². The lowest BCUT2D eigenvalue weighted by Crippen LogP contribution is -2.57. The van der Waals surface area contributed by atoms with E-state index in [2.05, 4.69) is 30.0 Å². The van der Waals surface area contributed by atoms with Gasteiger partial charge in [0.2, 0.25) is 10.0 Å². The van der Waals surface area contributed by atoms with E-state index in [0.29, 0.717) is 31.5 Å². The van der Waals surface area contributed by atoms with Crippen molar-refractivity contribution in [2.75, 3.05) is 31.9 Å². The van der Waals surface area contributed by atoms with Crippen molar-refractivity contribution >= 4 is 10.0 Å². The molecule has 0 aliphatic carbocycles. The van der Waals surface area contributed by atoms with Crippen LogP contribution in [0.4, 0.5) is 0 Å². The molecule has 4 rings (SSSR count). The molecule has 3 aliphatic heterocycles. The molecule has 0 aromatic heterocycles. The lowest BCUT2D eigenvalue weighted by atomic mass is 9.76. The number of rotatable bonds is 4. The van der Waals surface area contributed by atoms with E-state index in [0.717, 1.165) is 38.8 Å². The molecule has 1 aromatic carbocycles. The molecule has 0 saturated carbocycles. The molecule has 144 valence electrons. The van der Waals surface area contributed by atoms with Crippen LogP contribution in [-0.4, -0.2) is 55.6 Å². The molecule has 0 amide bonds. The van der Waals surface area contributed by atoms with Gasteiger partial charge in [0.1, 0.15) is 0 Å². The van der Waals surface area contributed by atoms with Crippen molar-refractivity contribution in [3.63, 3.8) is 0 Å². The zero-order valence-electron chi connectivity index (χ0n) is 15.7. The van der Waals surface area contributed by atoms with Crippen LogP contribution < -0.4 is 5.73 Å². The van der Waals surface area contributed by atoms with Crippen LogP contribution in [0.15, 0.2) is 18.2 Å². The Kier molecular flexibility index (Phi) is 5.12. The Bertz CT molecular complexity index is 764. The van der Waals surface area contributed by atoms with E-state index in [9.17, 15) is 8.42 Å². The summed E-state index contributed by atoms with van der Waals surface area (Å²) in [5.41, 5.74) is 9.83. The number of hydrogen-bond acceptors (Lipinski definition) is 4. The standard InChI is InChI=1S/C20H31N3O2S/c1-15-5-2-6-16-8-11-22-14-17-7-3-10-23(26(24,25)12-4-9-21)18(17)13-19(22)20(15)16/h2,5-6,17-19H,3-4,7-14,21H2,1H3/t17-,18+,19+/m1/s1. The second-order valence-corrected chi connectivity index (χ2v) is 10.2. The molecule has 1 aromatic rings. The van der Waals surface area contributed by atoms with E-state index in [1.807, 2.05) is 4.31 Å². The second kappa shape index (κ2) is 7.23. The van der Waals surface area contributed by atoms with Crippen LogP contribution in [-0.2, 0) is 16.4 Å². The molecular formula is C20H31N3O2S. The highest BCUT2D eigenvalue weighted by Crippen LogP contribution is 2.44. The summed E-state index contributed by atoms with van der Waals surface area (Å²) in [4.78, 5) is 2.62. The molecule has 0 radical (unpaired) electrons. The third kappa shape index (κ3) is 3.21. The molecule has 0 unspecified atom stereocenters. The molecule has 2 fully saturated rings. The minimum Gasteiger partial charge on any atom is -0.330 e. The highest BCUT2D eigenvalue weighted by molar-refractivity contribution is 7.89. The van der Waals surface area contributed by atoms with Crippen molar-refractivity contribution in [1.82, 2.24) is 9.21 Å². The van der Waals surface area contributed by atoms with Crippen molar-refractivity contribution in [2.45, 2.75) is 51.1 Å². The Balaban J connectivity index is 1.63. The maximum Gasteiger partial charge on any atom is 0.214 e. The summed E-state index contributed by atoms with van der Waals surface area (Å²) in [5.74, 6) is 0.662. The number of nitrogens with zero attached hydrogens (tertiary/aromatic N) is 2. The van der Waals surface area contributed by atoms with Crippen LogP contribution >= 0.6 is 0 Å². The van der Waals surface area contributed by atoms with Crippen molar-refractivity contribution in [2.24, 2.45) is 11.7 Å².